The van der Waals surface area contributed by atoms with Crippen LogP contribution >= 0.6 is 11.8 Å². The topological polar surface area (TPSA) is 67.6 Å². The summed E-state index contributed by atoms with van der Waals surface area (Å²) in [5.41, 5.74) is 1.19. The van der Waals surface area contributed by atoms with Crippen molar-refractivity contribution in [1.29, 1.82) is 5.26 Å². The first-order valence-corrected chi connectivity index (χ1v) is 8.63. The molecular weight excluding hydrogens is 310 g/mol. The fourth-order valence-corrected chi connectivity index (χ4v) is 4.41. The van der Waals surface area contributed by atoms with Crippen LogP contribution < -0.4 is 4.90 Å². The first-order valence-electron chi connectivity index (χ1n) is 7.81. The second-order valence-corrected chi connectivity index (χ2v) is 7.96. The van der Waals surface area contributed by atoms with Gasteiger partial charge in [-0.15, -0.1) is 0 Å². The summed E-state index contributed by atoms with van der Waals surface area (Å²) >= 11 is 1.16. The van der Waals surface area contributed by atoms with Crippen LogP contribution in [0.25, 0.3) is 0 Å². The molecule has 3 heterocycles. The maximum atomic E-state index is 11.5. The molecule has 122 valence electrons. The minimum absolute atomic E-state index is 0.0766. The van der Waals surface area contributed by atoms with Gasteiger partial charge < -0.3 is 14.9 Å². The fraction of sp³-hybridized carbons (Fsp3) is 0.529. The number of rotatable bonds is 2. The highest BCUT2D eigenvalue weighted by molar-refractivity contribution is 8.03. The van der Waals surface area contributed by atoms with Crippen molar-refractivity contribution in [3.05, 3.63) is 24.3 Å². The van der Waals surface area contributed by atoms with Crippen molar-refractivity contribution in [1.82, 2.24) is 4.90 Å². The number of fused-ring (bicyclic) bond motifs is 4. The Hall–Kier alpha value is -1.87. The number of nitriles is 1. The molecule has 1 aromatic rings. The van der Waals surface area contributed by atoms with Crippen LogP contribution in [0.15, 0.2) is 29.2 Å². The molecule has 5 nitrogen and oxygen atoms in total. The zero-order valence-electron chi connectivity index (χ0n) is 13.4. The van der Waals surface area contributed by atoms with Crippen molar-refractivity contribution < 1.29 is 9.90 Å². The van der Waals surface area contributed by atoms with Gasteiger partial charge >= 0.3 is 6.09 Å². The summed E-state index contributed by atoms with van der Waals surface area (Å²) < 4.78 is 0. The molecule has 4 rings (SSSR count). The van der Waals surface area contributed by atoms with Gasteiger partial charge in [-0.2, -0.15) is 5.26 Å². The van der Waals surface area contributed by atoms with Gasteiger partial charge in [0.05, 0.1) is 6.04 Å². The number of benzene rings is 1. The Balaban J connectivity index is 1.90. The van der Waals surface area contributed by atoms with E-state index in [1.54, 1.807) is 4.90 Å². The third-order valence-corrected chi connectivity index (χ3v) is 5.62. The summed E-state index contributed by atoms with van der Waals surface area (Å²) in [5, 5.41) is 20.3. The minimum atomic E-state index is -0.819. The molecule has 3 aliphatic rings. The van der Waals surface area contributed by atoms with E-state index in [2.05, 4.69) is 24.1 Å². The monoisotopic (exact) mass is 331 g/mol. The molecule has 2 bridgehead atoms. The molecule has 2 atom stereocenters. The van der Waals surface area contributed by atoms with Crippen LogP contribution in [0.3, 0.4) is 0 Å². The van der Waals surface area contributed by atoms with Crippen molar-refractivity contribution in [3.8, 4) is 5.40 Å². The Bertz CT molecular complexity index is 638. The number of carboxylic acid groups (broad SMARTS) is 1. The highest BCUT2D eigenvalue weighted by Crippen LogP contribution is 2.43. The summed E-state index contributed by atoms with van der Waals surface area (Å²) in [6.45, 7) is 6.54. The van der Waals surface area contributed by atoms with Crippen LogP contribution in [-0.2, 0) is 0 Å². The van der Waals surface area contributed by atoms with Crippen LogP contribution in [0.1, 0.15) is 20.3 Å². The number of piperidine rings is 1. The lowest BCUT2D eigenvalue weighted by atomic mass is 9.73. The SMILES string of the molecule is CC1(C)C[C@@H]2CN(C(=O)O)C[C@H]1N(c1ccc(SC#N)cc1)C2. The first-order chi connectivity index (χ1) is 10.9. The van der Waals surface area contributed by atoms with Gasteiger partial charge in [0.25, 0.3) is 0 Å². The fourth-order valence-electron chi connectivity index (χ4n) is 4.03. The molecule has 3 aliphatic heterocycles. The van der Waals surface area contributed by atoms with Crippen molar-refractivity contribution in [2.75, 3.05) is 24.5 Å². The largest absolute Gasteiger partial charge is 0.465 e. The molecule has 0 radical (unpaired) electrons. The summed E-state index contributed by atoms with van der Waals surface area (Å²) in [6.07, 6.45) is 0.237. The second-order valence-electron chi connectivity index (χ2n) is 7.10. The van der Waals surface area contributed by atoms with Crippen LogP contribution in [0.2, 0.25) is 0 Å². The maximum absolute atomic E-state index is 11.5. The number of thioether (sulfide) groups is 1. The van der Waals surface area contributed by atoms with Gasteiger partial charge in [0.15, 0.2) is 0 Å². The van der Waals surface area contributed by atoms with Crippen molar-refractivity contribution in [2.45, 2.75) is 31.2 Å². The van der Waals surface area contributed by atoms with E-state index in [4.69, 9.17) is 5.26 Å². The molecule has 23 heavy (non-hydrogen) atoms. The average Bonchev–Trinajstić information content (AvgIpc) is 2.75. The van der Waals surface area contributed by atoms with Gasteiger partial charge in [0.1, 0.15) is 5.40 Å². The predicted molar refractivity (Wildman–Crippen MR) is 90.5 cm³/mol. The lowest BCUT2D eigenvalue weighted by molar-refractivity contribution is 0.142. The van der Waals surface area contributed by atoms with Gasteiger partial charge in [0, 0.05) is 30.2 Å². The average molecular weight is 331 g/mol. The molecule has 1 amide bonds. The van der Waals surface area contributed by atoms with Crippen LogP contribution in [0, 0.1) is 22.0 Å². The van der Waals surface area contributed by atoms with Crippen LogP contribution in [0.4, 0.5) is 10.5 Å². The standard InChI is InChI=1S/C17H21N3O2S/c1-17(2)7-12-8-19(16(21)22)10-15(17)20(9-12)13-3-5-14(6-4-13)23-11-18/h3-6,12,15H,7-10H2,1-2H3,(H,21,22)/t12-,15-/m1/s1. The minimum Gasteiger partial charge on any atom is -0.465 e. The number of carbonyl (C=O) groups is 1. The van der Waals surface area contributed by atoms with E-state index in [1.807, 2.05) is 24.3 Å². The molecule has 0 spiro atoms. The third kappa shape index (κ3) is 3.11. The Morgan fingerprint density at radius 1 is 1.30 bits per heavy atom. The molecular formula is C17H21N3O2S. The lowest BCUT2D eigenvalue weighted by Crippen LogP contribution is -2.54. The lowest BCUT2D eigenvalue weighted by Gasteiger charge is -2.48. The van der Waals surface area contributed by atoms with Crippen molar-refractivity contribution in [2.24, 2.45) is 11.3 Å². The van der Waals surface area contributed by atoms with Gasteiger partial charge in [0.2, 0.25) is 0 Å². The van der Waals surface area contributed by atoms with Crippen molar-refractivity contribution >= 4 is 23.5 Å². The number of hydrogen-bond donors (Lipinski definition) is 1. The normalized spacial score (nSPS) is 25.8. The summed E-state index contributed by atoms with van der Waals surface area (Å²) in [5.74, 6) is 0.355. The Morgan fingerprint density at radius 3 is 2.61 bits per heavy atom. The molecule has 0 aromatic heterocycles. The maximum Gasteiger partial charge on any atom is 0.407 e. The highest BCUT2D eigenvalue weighted by Gasteiger charge is 2.46. The molecule has 3 saturated heterocycles. The number of nitrogens with zero attached hydrogens (tertiary/aromatic N) is 3. The number of hydrogen-bond acceptors (Lipinski definition) is 4. The molecule has 1 aromatic carbocycles. The summed E-state index contributed by atoms with van der Waals surface area (Å²) in [7, 11) is 0. The molecule has 3 fully saturated rings. The zero-order chi connectivity index (χ0) is 16.6. The molecule has 0 unspecified atom stereocenters. The predicted octanol–water partition coefficient (Wildman–Crippen LogP) is 3.47. The molecule has 6 heteroatoms. The van der Waals surface area contributed by atoms with Gasteiger partial charge in [-0.05, 0) is 53.8 Å². The van der Waals surface area contributed by atoms with E-state index >= 15 is 0 Å². The van der Waals surface area contributed by atoms with E-state index in [-0.39, 0.29) is 11.5 Å². The first kappa shape index (κ1) is 16.0. The highest BCUT2D eigenvalue weighted by atomic mass is 32.2. The third-order valence-electron chi connectivity index (χ3n) is 5.02. The van der Waals surface area contributed by atoms with Crippen LogP contribution in [-0.4, -0.2) is 41.8 Å². The van der Waals surface area contributed by atoms with Crippen molar-refractivity contribution in [3.63, 3.8) is 0 Å². The van der Waals surface area contributed by atoms with E-state index in [9.17, 15) is 9.90 Å². The second kappa shape index (κ2) is 5.97. The summed E-state index contributed by atoms with van der Waals surface area (Å²) in [6, 6.07) is 8.18. The number of amides is 1. The smallest absolute Gasteiger partial charge is 0.407 e. The Labute approximate surface area is 140 Å². The number of anilines is 1. The Kier molecular flexibility index (Phi) is 4.15. The Morgan fingerprint density at radius 2 is 2.00 bits per heavy atom. The summed E-state index contributed by atoms with van der Waals surface area (Å²) in [4.78, 5) is 16.3. The number of thiocyanates is 1. The van der Waals surface area contributed by atoms with E-state index in [0.29, 0.717) is 19.0 Å². The quantitative estimate of drug-likeness (QED) is 0.664. The van der Waals surface area contributed by atoms with E-state index in [0.717, 1.165) is 35.3 Å². The van der Waals surface area contributed by atoms with Crippen LogP contribution in [0.5, 0.6) is 0 Å². The van der Waals surface area contributed by atoms with Gasteiger partial charge in [-0.3, -0.25) is 0 Å². The molecule has 1 N–H and O–H groups in total. The molecule has 0 aliphatic carbocycles. The van der Waals surface area contributed by atoms with E-state index < -0.39 is 6.09 Å². The molecule has 0 saturated carbocycles. The zero-order valence-corrected chi connectivity index (χ0v) is 14.2. The van der Waals surface area contributed by atoms with Gasteiger partial charge in [-0.25, -0.2) is 4.79 Å². The van der Waals surface area contributed by atoms with E-state index in [1.165, 1.54) is 0 Å². The van der Waals surface area contributed by atoms with Gasteiger partial charge in [-0.1, -0.05) is 13.8 Å².